The Morgan fingerprint density at radius 1 is 1.00 bits per heavy atom. The molecule has 0 amide bonds. The Morgan fingerprint density at radius 3 is 2.39 bits per heavy atom. The van der Waals surface area contributed by atoms with Crippen LogP contribution in [0, 0.1) is 6.92 Å². The molecular weight excluding hydrogens is 352 g/mol. The minimum Gasteiger partial charge on any atom is -0.508 e. The average Bonchev–Trinajstić information content (AvgIpc) is 2.70. The minimum absolute atomic E-state index is 0.113. The normalized spacial score (nSPS) is 10.9. The lowest BCUT2D eigenvalue weighted by Gasteiger charge is -2.10. The number of methoxy groups -OCH3 is 1. The summed E-state index contributed by atoms with van der Waals surface area (Å²) in [4.78, 5) is 13.2. The number of rotatable bonds is 4. The predicted octanol–water partition coefficient (Wildman–Crippen LogP) is 5.07. The topological polar surface area (TPSA) is 59.7 Å². The number of hydrogen-bond acceptors (Lipinski definition) is 4. The zero-order chi connectivity index (χ0) is 19.7. The van der Waals surface area contributed by atoms with E-state index in [-0.39, 0.29) is 11.2 Å². The first-order chi connectivity index (χ1) is 13.6. The number of hydrogen-bond donors (Lipinski definition) is 1. The summed E-state index contributed by atoms with van der Waals surface area (Å²) in [6.45, 7) is 1.76. The second-order valence-corrected chi connectivity index (χ2v) is 6.73. The van der Waals surface area contributed by atoms with Gasteiger partial charge in [-0.3, -0.25) is 4.79 Å². The predicted molar refractivity (Wildman–Crippen MR) is 110 cm³/mol. The molecule has 0 radical (unpaired) electrons. The summed E-state index contributed by atoms with van der Waals surface area (Å²) in [6.07, 6.45) is 0.536. The van der Waals surface area contributed by atoms with Crippen LogP contribution in [-0.4, -0.2) is 12.2 Å². The third-order valence-electron chi connectivity index (χ3n) is 4.88. The van der Waals surface area contributed by atoms with Gasteiger partial charge in [0, 0.05) is 12.5 Å². The molecule has 4 rings (SSSR count). The van der Waals surface area contributed by atoms with E-state index in [4.69, 9.17) is 9.15 Å². The third-order valence-corrected chi connectivity index (χ3v) is 4.88. The van der Waals surface area contributed by atoms with Gasteiger partial charge < -0.3 is 14.3 Å². The molecule has 3 aromatic carbocycles. The maximum Gasteiger partial charge on any atom is 0.200 e. The van der Waals surface area contributed by atoms with Crippen molar-refractivity contribution in [2.45, 2.75) is 13.3 Å². The standard InChI is InChI=1S/C24H20O4/c1-15-23(17-8-10-19(27-2)11-9-17)24(26)20-13-18(21(25)14-22(20)28-15)12-16-6-4-3-5-7-16/h3-11,13-14,25H,12H2,1-2H3. The summed E-state index contributed by atoms with van der Waals surface area (Å²) >= 11 is 0. The summed E-state index contributed by atoms with van der Waals surface area (Å²) in [6, 6.07) is 20.4. The summed E-state index contributed by atoms with van der Waals surface area (Å²) in [5.74, 6) is 1.36. The smallest absolute Gasteiger partial charge is 0.200 e. The zero-order valence-corrected chi connectivity index (χ0v) is 15.7. The van der Waals surface area contributed by atoms with E-state index in [1.807, 2.05) is 54.6 Å². The summed E-state index contributed by atoms with van der Waals surface area (Å²) in [5.41, 5.74) is 3.31. The molecule has 4 heteroatoms. The molecule has 0 atom stereocenters. The maximum absolute atomic E-state index is 13.2. The molecule has 0 aliphatic heterocycles. The molecular formula is C24H20O4. The third kappa shape index (κ3) is 3.25. The van der Waals surface area contributed by atoms with E-state index >= 15 is 0 Å². The molecule has 1 N–H and O–H groups in total. The van der Waals surface area contributed by atoms with Gasteiger partial charge in [-0.25, -0.2) is 0 Å². The molecule has 0 unspecified atom stereocenters. The van der Waals surface area contributed by atoms with Gasteiger partial charge >= 0.3 is 0 Å². The van der Waals surface area contributed by atoms with Crippen LogP contribution in [0.3, 0.4) is 0 Å². The van der Waals surface area contributed by atoms with E-state index < -0.39 is 0 Å². The minimum atomic E-state index is -0.113. The lowest BCUT2D eigenvalue weighted by Crippen LogP contribution is -2.08. The Balaban J connectivity index is 1.86. The van der Waals surface area contributed by atoms with Gasteiger partial charge in [0.2, 0.25) is 5.43 Å². The molecule has 0 spiro atoms. The van der Waals surface area contributed by atoms with Crippen molar-refractivity contribution in [3.05, 3.63) is 93.8 Å². The summed E-state index contributed by atoms with van der Waals surface area (Å²) in [7, 11) is 1.60. The largest absolute Gasteiger partial charge is 0.508 e. The molecule has 4 nitrogen and oxygen atoms in total. The molecule has 1 heterocycles. The van der Waals surface area contributed by atoms with Crippen LogP contribution >= 0.6 is 0 Å². The number of phenolic OH excluding ortho intramolecular Hbond substituents is 1. The van der Waals surface area contributed by atoms with Crippen molar-refractivity contribution < 1.29 is 14.3 Å². The van der Waals surface area contributed by atoms with Crippen molar-refractivity contribution in [3.8, 4) is 22.6 Å². The van der Waals surface area contributed by atoms with E-state index in [0.717, 1.165) is 16.9 Å². The van der Waals surface area contributed by atoms with Gasteiger partial charge in [0.1, 0.15) is 22.8 Å². The van der Waals surface area contributed by atoms with Crippen LogP contribution in [0.25, 0.3) is 22.1 Å². The molecule has 0 bridgehead atoms. The van der Waals surface area contributed by atoms with Crippen molar-refractivity contribution in [3.63, 3.8) is 0 Å². The fourth-order valence-electron chi connectivity index (χ4n) is 3.44. The van der Waals surface area contributed by atoms with Crippen molar-refractivity contribution in [2.24, 2.45) is 0 Å². The van der Waals surface area contributed by atoms with Crippen molar-refractivity contribution >= 4 is 11.0 Å². The monoisotopic (exact) mass is 372 g/mol. The van der Waals surface area contributed by atoms with E-state index in [1.165, 1.54) is 6.07 Å². The maximum atomic E-state index is 13.2. The van der Waals surface area contributed by atoms with Gasteiger partial charge in [-0.15, -0.1) is 0 Å². The van der Waals surface area contributed by atoms with Gasteiger partial charge in [-0.05, 0) is 41.8 Å². The van der Waals surface area contributed by atoms with Gasteiger partial charge in [-0.1, -0.05) is 42.5 Å². The lowest BCUT2D eigenvalue weighted by molar-refractivity contribution is 0.415. The quantitative estimate of drug-likeness (QED) is 0.543. The summed E-state index contributed by atoms with van der Waals surface area (Å²) < 4.78 is 11.1. The molecule has 4 aromatic rings. The van der Waals surface area contributed by atoms with Crippen LogP contribution in [0.1, 0.15) is 16.9 Å². The van der Waals surface area contributed by atoms with Gasteiger partial charge in [-0.2, -0.15) is 0 Å². The van der Waals surface area contributed by atoms with Crippen molar-refractivity contribution in [1.29, 1.82) is 0 Å². The fourth-order valence-corrected chi connectivity index (χ4v) is 3.44. The molecule has 0 saturated carbocycles. The highest BCUT2D eigenvalue weighted by Gasteiger charge is 2.16. The Labute approximate surface area is 162 Å². The van der Waals surface area contributed by atoms with Crippen LogP contribution in [0.2, 0.25) is 0 Å². The Morgan fingerprint density at radius 2 is 1.71 bits per heavy atom. The SMILES string of the molecule is COc1ccc(-c2c(C)oc3cc(O)c(Cc4ccccc4)cc3c2=O)cc1. The van der Waals surface area contributed by atoms with Crippen LogP contribution in [0.4, 0.5) is 0 Å². The van der Waals surface area contributed by atoms with Crippen molar-refractivity contribution in [1.82, 2.24) is 0 Å². The van der Waals surface area contributed by atoms with E-state index in [2.05, 4.69) is 0 Å². The van der Waals surface area contributed by atoms with Crippen molar-refractivity contribution in [2.75, 3.05) is 7.11 Å². The van der Waals surface area contributed by atoms with E-state index in [1.54, 1.807) is 20.1 Å². The molecule has 28 heavy (non-hydrogen) atoms. The fraction of sp³-hybridized carbons (Fsp3) is 0.125. The number of benzene rings is 3. The van der Waals surface area contributed by atoms with E-state index in [0.29, 0.717) is 34.3 Å². The number of ether oxygens (including phenoxy) is 1. The first kappa shape index (κ1) is 17.9. The number of aromatic hydroxyl groups is 1. The second kappa shape index (κ2) is 7.24. The van der Waals surface area contributed by atoms with Crippen LogP contribution < -0.4 is 10.2 Å². The second-order valence-electron chi connectivity index (χ2n) is 6.73. The van der Waals surface area contributed by atoms with Crippen LogP contribution in [0.5, 0.6) is 11.5 Å². The van der Waals surface area contributed by atoms with Crippen LogP contribution in [-0.2, 0) is 6.42 Å². The van der Waals surface area contributed by atoms with Gasteiger partial charge in [0.15, 0.2) is 0 Å². The molecule has 0 saturated heterocycles. The Kier molecular flexibility index (Phi) is 4.62. The Hall–Kier alpha value is -3.53. The first-order valence-electron chi connectivity index (χ1n) is 9.04. The molecule has 140 valence electrons. The highest BCUT2D eigenvalue weighted by molar-refractivity contribution is 5.85. The van der Waals surface area contributed by atoms with Crippen LogP contribution in [0.15, 0.2) is 75.9 Å². The average molecular weight is 372 g/mol. The summed E-state index contributed by atoms with van der Waals surface area (Å²) in [5, 5.41) is 10.9. The molecule has 0 aliphatic rings. The van der Waals surface area contributed by atoms with E-state index in [9.17, 15) is 9.90 Å². The highest BCUT2D eigenvalue weighted by atomic mass is 16.5. The molecule has 1 aromatic heterocycles. The van der Waals surface area contributed by atoms with Gasteiger partial charge in [0.05, 0.1) is 18.1 Å². The molecule has 0 aliphatic carbocycles. The number of fused-ring (bicyclic) bond motifs is 1. The Bertz CT molecular complexity index is 1190. The number of phenols is 1. The lowest BCUT2D eigenvalue weighted by atomic mass is 9.99. The highest BCUT2D eigenvalue weighted by Crippen LogP contribution is 2.30. The number of aryl methyl sites for hydroxylation is 1. The zero-order valence-electron chi connectivity index (χ0n) is 15.7. The van der Waals surface area contributed by atoms with Gasteiger partial charge in [0.25, 0.3) is 0 Å². The molecule has 0 fully saturated rings. The first-order valence-corrected chi connectivity index (χ1v) is 9.04.